The summed E-state index contributed by atoms with van der Waals surface area (Å²) in [6.07, 6.45) is 2.14. The van der Waals surface area contributed by atoms with Gasteiger partial charge in [0.1, 0.15) is 0 Å². The summed E-state index contributed by atoms with van der Waals surface area (Å²) in [6, 6.07) is 1.94. The Bertz CT molecular complexity index is 285. The molecule has 0 aromatic carbocycles. The second kappa shape index (κ2) is 4.82. The first-order valence-corrected chi connectivity index (χ1v) is 4.45. The molecule has 0 saturated heterocycles. The van der Waals surface area contributed by atoms with Crippen LogP contribution < -0.4 is 5.32 Å². The maximum Gasteiger partial charge on any atom is 0.150 e. The van der Waals surface area contributed by atoms with Gasteiger partial charge in [-0.1, -0.05) is 16.8 Å². The van der Waals surface area contributed by atoms with Crippen LogP contribution >= 0.6 is 0 Å². The van der Waals surface area contributed by atoms with Crippen molar-refractivity contribution in [1.82, 2.24) is 10.5 Å². The fraction of sp³-hybridized carbons (Fsp3) is 0.500. The first-order valence-electron chi connectivity index (χ1n) is 4.45. The Morgan fingerprint density at radius 1 is 1.62 bits per heavy atom. The fourth-order valence-corrected chi connectivity index (χ4v) is 0.971. The van der Waals surface area contributed by atoms with Crippen LogP contribution in [0, 0.1) is 6.92 Å². The maximum absolute atomic E-state index is 5.04. The SMILES string of the molecule is CC(C)=CCNCc1cc(C)no1. The van der Waals surface area contributed by atoms with Crippen molar-refractivity contribution >= 4 is 0 Å². The highest BCUT2D eigenvalue weighted by Crippen LogP contribution is 2.00. The minimum absolute atomic E-state index is 0.741. The van der Waals surface area contributed by atoms with E-state index in [0.29, 0.717) is 0 Å². The molecule has 3 nitrogen and oxygen atoms in total. The van der Waals surface area contributed by atoms with Crippen LogP contribution in [0.5, 0.6) is 0 Å². The lowest BCUT2D eigenvalue weighted by Crippen LogP contribution is -2.12. The summed E-state index contributed by atoms with van der Waals surface area (Å²) < 4.78 is 5.04. The zero-order valence-electron chi connectivity index (χ0n) is 8.42. The third kappa shape index (κ3) is 3.90. The molecule has 0 fully saturated rings. The Hall–Kier alpha value is -1.09. The molecule has 1 N–H and O–H groups in total. The van der Waals surface area contributed by atoms with Crippen LogP contribution in [0.15, 0.2) is 22.2 Å². The second-order valence-electron chi connectivity index (χ2n) is 3.35. The van der Waals surface area contributed by atoms with Crippen LogP contribution in [-0.4, -0.2) is 11.7 Å². The topological polar surface area (TPSA) is 38.1 Å². The number of hydrogen-bond acceptors (Lipinski definition) is 3. The molecule has 0 radical (unpaired) electrons. The van der Waals surface area contributed by atoms with Crippen LogP contribution in [0.25, 0.3) is 0 Å². The summed E-state index contributed by atoms with van der Waals surface area (Å²) >= 11 is 0. The average molecular weight is 180 g/mol. The van der Waals surface area contributed by atoms with Gasteiger partial charge in [0.25, 0.3) is 0 Å². The molecule has 0 aliphatic rings. The number of rotatable bonds is 4. The lowest BCUT2D eigenvalue weighted by atomic mass is 10.3. The van der Waals surface area contributed by atoms with E-state index in [1.54, 1.807) is 0 Å². The molecule has 0 bridgehead atoms. The summed E-state index contributed by atoms with van der Waals surface area (Å²) in [5.41, 5.74) is 2.25. The van der Waals surface area contributed by atoms with Gasteiger partial charge in [-0.05, 0) is 20.8 Å². The lowest BCUT2D eigenvalue weighted by molar-refractivity contribution is 0.372. The number of nitrogens with one attached hydrogen (secondary N) is 1. The highest BCUT2D eigenvalue weighted by molar-refractivity contribution is 5.03. The van der Waals surface area contributed by atoms with Crippen molar-refractivity contribution in [3.63, 3.8) is 0 Å². The van der Waals surface area contributed by atoms with Crippen molar-refractivity contribution in [1.29, 1.82) is 0 Å². The molecule has 1 aromatic rings. The molecule has 0 spiro atoms. The molecular formula is C10H16N2O. The van der Waals surface area contributed by atoms with Gasteiger partial charge in [-0.15, -0.1) is 0 Å². The molecule has 0 amide bonds. The number of allylic oxidation sites excluding steroid dienone is 1. The fourth-order valence-electron chi connectivity index (χ4n) is 0.971. The van der Waals surface area contributed by atoms with Crippen molar-refractivity contribution in [2.45, 2.75) is 27.3 Å². The normalized spacial score (nSPS) is 10.1. The standard InChI is InChI=1S/C10H16N2O/c1-8(2)4-5-11-7-10-6-9(3)12-13-10/h4,6,11H,5,7H2,1-3H3. The van der Waals surface area contributed by atoms with E-state index in [9.17, 15) is 0 Å². The van der Waals surface area contributed by atoms with Crippen molar-refractivity contribution in [3.8, 4) is 0 Å². The maximum atomic E-state index is 5.04. The first-order chi connectivity index (χ1) is 6.18. The highest BCUT2D eigenvalue weighted by Gasteiger charge is 1.97. The van der Waals surface area contributed by atoms with Gasteiger partial charge in [-0.2, -0.15) is 0 Å². The van der Waals surface area contributed by atoms with Gasteiger partial charge in [0, 0.05) is 12.6 Å². The quantitative estimate of drug-likeness (QED) is 0.569. The van der Waals surface area contributed by atoms with Gasteiger partial charge in [0.15, 0.2) is 5.76 Å². The van der Waals surface area contributed by atoms with E-state index in [1.807, 2.05) is 13.0 Å². The Balaban J connectivity index is 2.24. The van der Waals surface area contributed by atoms with E-state index >= 15 is 0 Å². The van der Waals surface area contributed by atoms with E-state index < -0.39 is 0 Å². The molecule has 0 aliphatic heterocycles. The molecular weight excluding hydrogens is 164 g/mol. The molecule has 0 saturated carbocycles. The number of hydrogen-bond donors (Lipinski definition) is 1. The summed E-state index contributed by atoms with van der Waals surface area (Å²) in [4.78, 5) is 0. The molecule has 0 aliphatic carbocycles. The third-order valence-electron chi connectivity index (χ3n) is 1.63. The van der Waals surface area contributed by atoms with Crippen LogP contribution in [0.1, 0.15) is 25.3 Å². The molecule has 1 heterocycles. The minimum Gasteiger partial charge on any atom is -0.360 e. The summed E-state index contributed by atoms with van der Waals surface area (Å²) in [5.74, 6) is 0.889. The lowest BCUT2D eigenvalue weighted by Gasteiger charge is -1.96. The van der Waals surface area contributed by atoms with E-state index in [2.05, 4.69) is 30.4 Å². The van der Waals surface area contributed by atoms with Crippen LogP contribution in [0.3, 0.4) is 0 Å². The van der Waals surface area contributed by atoms with Gasteiger partial charge in [-0.3, -0.25) is 0 Å². The Morgan fingerprint density at radius 3 is 2.92 bits per heavy atom. The highest BCUT2D eigenvalue weighted by atomic mass is 16.5. The molecule has 0 unspecified atom stereocenters. The van der Waals surface area contributed by atoms with Crippen molar-refractivity contribution < 1.29 is 4.52 Å². The molecule has 1 aromatic heterocycles. The van der Waals surface area contributed by atoms with Crippen molar-refractivity contribution in [3.05, 3.63) is 29.2 Å². The van der Waals surface area contributed by atoms with E-state index in [-0.39, 0.29) is 0 Å². The summed E-state index contributed by atoms with van der Waals surface area (Å²) in [7, 11) is 0. The van der Waals surface area contributed by atoms with Crippen molar-refractivity contribution in [2.75, 3.05) is 6.54 Å². The van der Waals surface area contributed by atoms with Crippen LogP contribution in [0.4, 0.5) is 0 Å². The zero-order chi connectivity index (χ0) is 9.68. The first kappa shape index (κ1) is 9.99. The second-order valence-corrected chi connectivity index (χ2v) is 3.35. The van der Waals surface area contributed by atoms with Crippen LogP contribution in [-0.2, 0) is 6.54 Å². The predicted molar refractivity (Wildman–Crippen MR) is 52.4 cm³/mol. The average Bonchev–Trinajstić information content (AvgIpc) is 2.45. The molecule has 13 heavy (non-hydrogen) atoms. The minimum atomic E-state index is 0.741. The summed E-state index contributed by atoms with van der Waals surface area (Å²) in [6.45, 7) is 7.70. The Morgan fingerprint density at radius 2 is 2.38 bits per heavy atom. The van der Waals surface area contributed by atoms with E-state index in [0.717, 1.165) is 24.5 Å². The van der Waals surface area contributed by atoms with Gasteiger partial charge < -0.3 is 9.84 Å². The molecule has 3 heteroatoms. The Kier molecular flexibility index (Phi) is 3.71. The third-order valence-corrected chi connectivity index (χ3v) is 1.63. The van der Waals surface area contributed by atoms with Crippen LogP contribution in [0.2, 0.25) is 0 Å². The largest absolute Gasteiger partial charge is 0.360 e. The monoisotopic (exact) mass is 180 g/mol. The van der Waals surface area contributed by atoms with Gasteiger partial charge >= 0.3 is 0 Å². The number of aryl methyl sites for hydroxylation is 1. The van der Waals surface area contributed by atoms with Gasteiger partial charge in [0.2, 0.25) is 0 Å². The summed E-state index contributed by atoms with van der Waals surface area (Å²) in [5, 5.41) is 7.04. The predicted octanol–water partition coefficient (Wildman–Crippen LogP) is 2.04. The molecule has 72 valence electrons. The van der Waals surface area contributed by atoms with Crippen molar-refractivity contribution in [2.24, 2.45) is 0 Å². The Labute approximate surface area is 78.8 Å². The molecule has 1 rings (SSSR count). The number of nitrogens with zero attached hydrogens (tertiary/aromatic N) is 1. The number of aromatic nitrogens is 1. The smallest absolute Gasteiger partial charge is 0.150 e. The zero-order valence-corrected chi connectivity index (χ0v) is 8.42. The van der Waals surface area contributed by atoms with E-state index in [1.165, 1.54) is 5.57 Å². The van der Waals surface area contributed by atoms with Gasteiger partial charge in [-0.25, -0.2) is 0 Å². The van der Waals surface area contributed by atoms with E-state index in [4.69, 9.17) is 4.52 Å². The molecule has 0 atom stereocenters. The van der Waals surface area contributed by atoms with Gasteiger partial charge in [0.05, 0.1) is 12.2 Å².